The van der Waals surface area contributed by atoms with Gasteiger partial charge in [-0.3, -0.25) is 10.1 Å². The monoisotopic (exact) mass is 446 g/mol. The minimum atomic E-state index is -0.475. The van der Waals surface area contributed by atoms with Crippen molar-refractivity contribution < 1.29 is 14.4 Å². The summed E-state index contributed by atoms with van der Waals surface area (Å²) in [6, 6.07) is 12.6. The molecular weight excluding hydrogens is 428 g/mol. The van der Waals surface area contributed by atoms with E-state index in [1.165, 1.54) is 18.1 Å². The normalized spacial score (nSPS) is 10.5. The second kappa shape index (κ2) is 10.1. The van der Waals surface area contributed by atoms with Gasteiger partial charge < -0.3 is 14.8 Å². The van der Waals surface area contributed by atoms with Crippen molar-refractivity contribution in [3.63, 3.8) is 0 Å². The highest BCUT2D eigenvalue weighted by molar-refractivity contribution is 7.99. The van der Waals surface area contributed by atoms with E-state index in [2.05, 4.69) is 15.3 Å². The molecular formula is C20H19ClN4O4S. The maximum absolute atomic E-state index is 11.7. The summed E-state index contributed by atoms with van der Waals surface area (Å²) in [6.07, 6.45) is 1.92. The summed E-state index contributed by atoms with van der Waals surface area (Å²) in [6.45, 7) is 0.443. The molecule has 3 rings (SSSR count). The summed E-state index contributed by atoms with van der Waals surface area (Å²) < 4.78 is 10.5. The fourth-order valence-corrected chi connectivity index (χ4v) is 3.70. The molecule has 2 aromatic carbocycles. The average Bonchev–Trinajstić information content (AvgIpc) is 2.75. The Kier molecular flexibility index (Phi) is 7.31. The molecule has 30 heavy (non-hydrogen) atoms. The average molecular weight is 447 g/mol. The van der Waals surface area contributed by atoms with Crippen LogP contribution in [0.1, 0.15) is 5.56 Å². The van der Waals surface area contributed by atoms with Crippen LogP contribution in [0.5, 0.6) is 11.5 Å². The summed E-state index contributed by atoms with van der Waals surface area (Å²) in [5.41, 5.74) is 0.831. The Balaban J connectivity index is 1.74. The highest BCUT2D eigenvalue weighted by atomic mass is 35.5. The molecule has 0 fully saturated rings. The molecule has 0 radical (unpaired) electrons. The maximum Gasteiger partial charge on any atom is 0.343 e. The van der Waals surface area contributed by atoms with Crippen LogP contribution in [0.3, 0.4) is 0 Å². The lowest BCUT2D eigenvalue weighted by molar-refractivity contribution is -0.387. The number of halogens is 1. The summed E-state index contributed by atoms with van der Waals surface area (Å²) >= 11 is 7.08. The molecule has 0 unspecified atom stereocenters. The Labute approximate surface area is 182 Å². The third-order valence-corrected chi connectivity index (χ3v) is 5.41. The summed E-state index contributed by atoms with van der Waals surface area (Å²) in [5, 5.41) is 15.6. The van der Waals surface area contributed by atoms with Crippen molar-refractivity contribution in [2.24, 2.45) is 0 Å². The van der Waals surface area contributed by atoms with E-state index in [1.807, 2.05) is 18.2 Å². The number of hydrogen-bond donors (Lipinski definition) is 1. The minimum Gasteiger partial charge on any atom is -0.493 e. The lowest BCUT2D eigenvalue weighted by Crippen LogP contribution is -2.10. The fourth-order valence-electron chi connectivity index (χ4n) is 2.71. The molecule has 8 nitrogen and oxygen atoms in total. The van der Waals surface area contributed by atoms with E-state index in [9.17, 15) is 10.1 Å². The smallest absolute Gasteiger partial charge is 0.343 e. The molecule has 0 spiro atoms. The summed E-state index contributed by atoms with van der Waals surface area (Å²) in [7, 11) is 3.15. The van der Waals surface area contributed by atoms with E-state index in [1.54, 1.807) is 38.5 Å². The number of hydrogen-bond acceptors (Lipinski definition) is 8. The predicted molar refractivity (Wildman–Crippen MR) is 116 cm³/mol. The van der Waals surface area contributed by atoms with Crippen LogP contribution in [-0.2, 0) is 6.42 Å². The number of aromatic nitrogens is 2. The number of nitrogens with zero attached hydrogens (tertiary/aromatic N) is 3. The van der Waals surface area contributed by atoms with Crippen molar-refractivity contribution in [2.75, 3.05) is 26.1 Å². The molecule has 1 N–H and O–H groups in total. The molecule has 0 saturated carbocycles. The van der Waals surface area contributed by atoms with Gasteiger partial charge in [0.2, 0.25) is 5.82 Å². The molecule has 1 aromatic heterocycles. The Bertz CT molecular complexity index is 1030. The van der Waals surface area contributed by atoms with E-state index in [0.29, 0.717) is 29.5 Å². The quantitative estimate of drug-likeness (QED) is 0.282. The van der Waals surface area contributed by atoms with Gasteiger partial charge in [0.05, 0.1) is 19.1 Å². The van der Waals surface area contributed by atoms with E-state index >= 15 is 0 Å². The first-order chi connectivity index (χ1) is 14.5. The summed E-state index contributed by atoms with van der Waals surface area (Å²) in [5.74, 6) is 1.45. The second-order valence-electron chi connectivity index (χ2n) is 6.06. The molecule has 0 saturated heterocycles. The van der Waals surface area contributed by atoms with Crippen LogP contribution in [-0.4, -0.2) is 35.7 Å². The van der Waals surface area contributed by atoms with E-state index < -0.39 is 4.92 Å². The first-order valence-corrected chi connectivity index (χ1v) is 10.1. The molecule has 0 aliphatic heterocycles. The molecule has 10 heteroatoms. The highest BCUT2D eigenvalue weighted by Gasteiger charge is 2.23. The number of methoxy groups -OCH3 is 2. The predicted octanol–water partition coefficient (Wildman–Crippen LogP) is 4.86. The summed E-state index contributed by atoms with van der Waals surface area (Å²) in [4.78, 5) is 20.2. The van der Waals surface area contributed by atoms with Crippen molar-refractivity contribution in [1.29, 1.82) is 0 Å². The van der Waals surface area contributed by atoms with Crippen LogP contribution in [0.4, 0.5) is 11.5 Å². The van der Waals surface area contributed by atoms with Crippen molar-refractivity contribution >= 4 is 34.9 Å². The Morgan fingerprint density at radius 1 is 1.10 bits per heavy atom. The zero-order valence-corrected chi connectivity index (χ0v) is 17.9. The largest absolute Gasteiger partial charge is 0.493 e. The number of anilines is 1. The van der Waals surface area contributed by atoms with Crippen molar-refractivity contribution in [1.82, 2.24) is 9.97 Å². The van der Waals surface area contributed by atoms with Crippen LogP contribution in [0.25, 0.3) is 0 Å². The van der Waals surface area contributed by atoms with E-state index in [4.69, 9.17) is 21.1 Å². The van der Waals surface area contributed by atoms with Gasteiger partial charge in [0.15, 0.2) is 16.5 Å². The van der Waals surface area contributed by atoms with Crippen LogP contribution in [0, 0.1) is 10.1 Å². The van der Waals surface area contributed by atoms with Crippen molar-refractivity contribution in [3.05, 3.63) is 69.5 Å². The molecule has 156 valence electrons. The minimum absolute atomic E-state index is 0.162. The van der Waals surface area contributed by atoms with Crippen molar-refractivity contribution in [3.8, 4) is 11.5 Å². The zero-order chi connectivity index (χ0) is 21.5. The third-order valence-electron chi connectivity index (χ3n) is 4.15. The van der Waals surface area contributed by atoms with Gasteiger partial charge in [-0.15, -0.1) is 0 Å². The molecule has 0 bridgehead atoms. The van der Waals surface area contributed by atoms with Crippen LogP contribution >= 0.6 is 23.4 Å². The molecule has 3 aromatic rings. The van der Waals surface area contributed by atoms with Gasteiger partial charge >= 0.3 is 5.69 Å². The van der Waals surface area contributed by atoms with E-state index in [-0.39, 0.29) is 16.5 Å². The molecule has 0 atom stereocenters. The van der Waals surface area contributed by atoms with Gasteiger partial charge in [-0.25, -0.2) is 9.97 Å². The third kappa shape index (κ3) is 5.31. The van der Waals surface area contributed by atoms with Gasteiger partial charge in [0, 0.05) is 16.5 Å². The number of ether oxygens (including phenoxy) is 2. The Morgan fingerprint density at radius 3 is 2.50 bits per heavy atom. The second-order valence-corrected chi connectivity index (χ2v) is 7.55. The standard InChI is InChI=1S/C20H19ClN4O4S/c1-28-16-8-3-13(11-17(16)29-2)9-10-22-19-18(25(26)27)20(24-12-23-19)30-15-6-4-14(21)5-7-15/h3-8,11-12H,9-10H2,1-2H3,(H,22,23,24). The topological polar surface area (TPSA) is 99.4 Å². The van der Waals surface area contributed by atoms with Crippen LogP contribution < -0.4 is 14.8 Å². The lowest BCUT2D eigenvalue weighted by atomic mass is 10.1. The number of nitrogens with one attached hydrogen (secondary N) is 1. The van der Waals surface area contributed by atoms with Crippen molar-refractivity contribution in [2.45, 2.75) is 16.3 Å². The Hall–Kier alpha value is -3.04. The first kappa shape index (κ1) is 21.7. The molecule has 1 heterocycles. The zero-order valence-electron chi connectivity index (χ0n) is 16.3. The van der Waals surface area contributed by atoms with Gasteiger partial charge in [-0.1, -0.05) is 29.4 Å². The number of rotatable bonds is 9. The van der Waals surface area contributed by atoms with Crippen LogP contribution in [0.15, 0.2) is 58.7 Å². The maximum atomic E-state index is 11.7. The lowest BCUT2D eigenvalue weighted by Gasteiger charge is -2.11. The van der Waals surface area contributed by atoms with Gasteiger partial charge in [0.1, 0.15) is 6.33 Å². The van der Waals surface area contributed by atoms with Crippen LogP contribution in [0.2, 0.25) is 5.02 Å². The Morgan fingerprint density at radius 2 is 1.83 bits per heavy atom. The fraction of sp³-hybridized carbons (Fsp3) is 0.200. The number of benzene rings is 2. The first-order valence-electron chi connectivity index (χ1n) is 8.89. The highest BCUT2D eigenvalue weighted by Crippen LogP contribution is 2.36. The number of nitro groups is 1. The molecule has 0 aliphatic rings. The van der Waals surface area contributed by atoms with Gasteiger partial charge in [-0.05, 0) is 48.4 Å². The molecule has 0 amide bonds. The SMILES string of the molecule is COc1ccc(CCNc2ncnc(Sc3ccc(Cl)cc3)c2[N+](=O)[O-])cc1OC. The van der Waals surface area contributed by atoms with Gasteiger partial charge in [-0.2, -0.15) is 0 Å². The van der Waals surface area contributed by atoms with E-state index in [0.717, 1.165) is 10.5 Å². The molecule has 0 aliphatic carbocycles. The van der Waals surface area contributed by atoms with Gasteiger partial charge in [0.25, 0.3) is 0 Å².